The molecule has 0 rings (SSSR count). The average molecular weight is 202 g/mol. The van der Waals surface area contributed by atoms with Gasteiger partial charge in [0, 0.05) is 39.3 Å². The van der Waals surface area contributed by atoms with E-state index in [4.69, 9.17) is 5.73 Å². The molecule has 0 radical (unpaired) electrons. The van der Waals surface area contributed by atoms with Gasteiger partial charge in [-0.25, -0.2) is 0 Å². The molecule has 0 bridgehead atoms. The van der Waals surface area contributed by atoms with Gasteiger partial charge in [-0.1, -0.05) is 6.92 Å². The smallest absolute Gasteiger partial charge is 0.0108 e. The molecule has 0 unspecified atom stereocenters. The zero-order chi connectivity index (χ0) is 10.6. The van der Waals surface area contributed by atoms with Crippen LogP contribution in [0.4, 0.5) is 0 Å². The Hall–Kier alpha value is -0.160. The van der Waals surface area contributed by atoms with Crippen LogP contribution >= 0.6 is 0 Å². The van der Waals surface area contributed by atoms with Crippen molar-refractivity contribution >= 4 is 0 Å². The maximum atomic E-state index is 5.55. The van der Waals surface area contributed by atoms with Crippen LogP contribution in [-0.4, -0.2) is 57.8 Å². The van der Waals surface area contributed by atoms with Crippen LogP contribution in [0.5, 0.6) is 0 Å². The lowest BCUT2D eigenvalue weighted by Crippen LogP contribution is -2.39. The van der Waals surface area contributed by atoms with Crippen LogP contribution in [0.1, 0.15) is 13.3 Å². The lowest BCUT2D eigenvalue weighted by molar-refractivity contribution is 0.282. The maximum Gasteiger partial charge on any atom is 0.0108 e. The number of likely N-dealkylation sites (N-methyl/N-ethyl adjacent to an activating group) is 1. The molecule has 0 fully saturated rings. The van der Waals surface area contributed by atoms with Crippen molar-refractivity contribution in [2.75, 3.05) is 52.9 Å². The van der Waals surface area contributed by atoms with Crippen LogP contribution in [0, 0.1) is 0 Å². The molecule has 4 N–H and O–H groups in total. The number of hydrogen-bond acceptors (Lipinski definition) is 4. The molecule has 0 aliphatic carbocycles. The van der Waals surface area contributed by atoms with Gasteiger partial charge in [0.15, 0.2) is 0 Å². The highest BCUT2D eigenvalue weighted by Crippen LogP contribution is 1.84. The van der Waals surface area contributed by atoms with E-state index in [2.05, 4.69) is 22.5 Å². The Kier molecular flexibility index (Phi) is 10.8. The first-order chi connectivity index (χ1) is 6.85. The molecule has 4 nitrogen and oxygen atoms in total. The Balaban J connectivity index is 3.40. The van der Waals surface area contributed by atoms with Gasteiger partial charge in [-0.3, -0.25) is 4.90 Å². The molecule has 0 spiro atoms. The third-order valence-corrected chi connectivity index (χ3v) is 2.15. The van der Waals surface area contributed by atoms with Crippen molar-refractivity contribution in [3.05, 3.63) is 0 Å². The fourth-order valence-corrected chi connectivity index (χ4v) is 1.33. The summed E-state index contributed by atoms with van der Waals surface area (Å²) in [5, 5.41) is 6.55. The molecule has 0 aromatic carbocycles. The second-order valence-electron chi connectivity index (χ2n) is 3.48. The minimum absolute atomic E-state index is 0.748. The zero-order valence-corrected chi connectivity index (χ0v) is 9.68. The van der Waals surface area contributed by atoms with Crippen molar-refractivity contribution in [1.82, 2.24) is 15.5 Å². The van der Waals surface area contributed by atoms with Gasteiger partial charge in [0.05, 0.1) is 0 Å². The number of hydrogen-bond donors (Lipinski definition) is 3. The first-order valence-corrected chi connectivity index (χ1v) is 5.62. The number of nitrogens with zero attached hydrogens (tertiary/aromatic N) is 1. The Morgan fingerprint density at radius 1 is 1.07 bits per heavy atom. The summed E-state index contributed by atoms with van der Waals surface area (Å²) in [5.41, 5.74) is 5.55. The number of rotatable bonds is 10. The molecule has 0 aromatic rings. The molecule has 0 aliphatic heterocycles. The van der Waals surface area contributed by atoms with E-state index in [1.165, 1.54) is 6.42 Å². The summed E-state index contributed by atoms with van der Waals surface area (Å²) < 4.78 is 0. The van der Waals surface area contributed by atoms with E-state index in [9.17, 15) is 0 Å². The second kappa shape index (κ2) is 10.9. The Bertz CT molecular complexity index is 108. The van der Waals surface area contributed by atoms with Crippen LogP contribution in [0.2, 0.25) is 0 Å². The summed E-state index contributed by atoms with van der Waals surface area (Å²) in [7, 11) is 1.98. The SMILES string of the molecule is CCCNCCN(CCN)CCNC. The summed E-state index contributed by atoms with van der Waals surface area (Å²) in [6.07, 6.45) is 1.20. The largest absolute Gasteiger partial charge is 0.329 e. The highest BCUT2D eigenvalue weighted by atomic mass is 15.2. The topological polar surface area (TPSA) is 53.3 Å². The quantitative estimate of drug-likeness (QED) is 0.417. The monoisotopic (exact) mass is 202 g/mol. The lowest BCUT2D eigenvalue weighted by atomic mass is 10.4. The van der Waals surface area contributed by atoms with E-state index < -0.39 is 0 Å². The maximum absolute atomic E-state index is 5.55. The summed E-state index contributed by atoms with van der Waals surface area (Å²) in [6.45, 7) is 9.33. The minimum Gasteiger partial charge on any atom is -0.329 e. The first-order valence-electron chi connectivity index (χ1n) is 5.62. The van der Waals surface area contributed by atoms with Gasteiger partial charge in [0.25, 0.3) is 0 Å². The van der Waals surface area contributed by atoms with Crippen molar-refractivity contribution in [3.8, 4) is 0 Å². The molecule has 0 aromatic heterocycles. The average Bonchev–Trinajstić information content (AvgIpc) is 2.20. The van der Waals surface area contributed by atoms with E-state index in [0.29, 0.717) is 0 Å². The molecule has 0 heterocycles. The van der Waals surface area contributed by atoms with Crippen molar-refractivity contribution in [2.45, 2.75) is 13.3 Å². The molecular formula is C10H26N4. The number of nitrogens with two attached hydrogens (primary N) is 1. The van der Waals surface area contributed by atoms with Crippen molar-refractivity contribution in [3.63, 3.8) is 0 Å². The van der Waals surface area contributed by atoms with E-state index in [1.807, 2.05) is 7.05 Å². The standard InChI is InChI=1S/C10H26N4/c1-3-5-13-7-10-14(8-4-11)9-6-12-2/h12-13H,3-11H2,1-2H3. The summed E-state index contributed by atoms with van der Waals surface area (Å²) in [4.78, 5) is 2.39. The van der Waals surface area contributed by atoms with Crippen LogP contribution in [-0.2, 0) is 0 Å². The summed E-state index contributed by atoms with van der Waals surface area (Å²) >= 11 is 0. The van der Waals surface area contributed by atoms with Crippen LogP contribution in [0.15, 0.2) is 0 Å². The fourth-order valence-electron chi connectivity index (χ4n) is 1.33. The molecular weight excluding hydrogens is 176 g/mol. The van der Waals surface area contributed by atoms with Crippen molar-refractivity contribution in [2.24, 2.45) is 5.73 Å². The van der Waals surface area contributed by atoms with Crippen molar-refractivity contribution < 1.29 is 0 Å². The highest BCUT2D eigenvalue weighted by molar-refractivity contribution is 4.61. The molecule has 0 saturated heterocycles. The molecule has 0 aliphatic rings. The van der Waals surface area contributed by atoms with Crippen LogP contribution in [0.3, 0.4) is 0 Å². The Morgan fingerprint density at radius 2 is 1.79 bits per heavy atom. The van der Waals surface area contributed by atoms with E-state index >= 15 is 0 Å². The minimum atomic E-state index is 0.748. The normalized spacial score (nSPS) is 11.1. The van der Waals surface area contributed by atoms with E-state index in [1.54, 1.807) is 0 Å². The summed E-state index contributed by atoms with van der Waals surface area (Å²) in [5.74, 6) is 0. The van der Waals surface area contributed by atoms with Crippen LogP contribution in [0.25, 0.3) is 0 Å². The Morgan fingerprint density at radius 3 is 2.36 bits per heavy atom. The molecule has 0 amide bonds. The van der Waals surface area contributed by atoms with Gasteiger partial charge in [0.1, 0.15) is 0 Å². The fraction of sp³-hybridized carbons (Fsp3) is 1.00. The lowest BCUT2D eigenvalue weighted by Gasteiger charge is -2.21. The van der Waals surface area contributed by atoms with Gasteiger partial charge >= 0.3 is 0 Å². The molecule has 0 atom stereocenters. The van der Waals surface area contributed by atoms with Gasteiger partial charge in [-0.05, 0) is 20.0 Å². The van der Waals surface area contributed by atoms with Crippen molar-refractivity contribution in [1.29, 1.82) is 0 Å². The van der Waals surface area contributed by atoms with E-state index in [-0.39, 0.29) is 0 Å². The third-order valence-electron chi connectivity index (χ3n) is 2.15. The second-order valence-corrected chi connectivity index (χ2v) is 3.48. The zero-order valence-electron chi connectivity index (χ0n) is 9.68. The number of nitrogens with one attached hydrogen (secondary N) is 2. The predicted octanol–water partition coefficient (Wildman–Crippen LogP) is -0.534. The molecule has 14 heavy (non-hydrogen) atoms. The molecule has 86 valence electrons. The predicted molar refractivity (Wildman–Crippen MR) is 62.6 cm³/mol. The molecule has 4 heteroatoms. The van der Waals surface area contributed by atoms with E-state index in [0.717, 1.165) is 45.8 Å². The van der Waals surface area contributed by atoms with Crippen LogP contribution < -0.4 is 16.4 Å². The third kappa shape index (κ3) is 8.44. The first kappa shape index (κ1) is 13.8. The van der Waals surface area contributed by atoms with Gasteiger partial charge in [-0.15, -0.1) is 0 Å². The van der Waals surface area contributed by atoms with Gasteiger partial charge in [0.2, 0.25) is 0 Å². The Labute approximate surface area is 88.2 Å². The van der Waals surface area contributed by atoms with Gasteiger partial charge < -0.3 is 16.4 Å². The summed E-state index contributed by atoms with van der Waals surface area (Å²) in [6, 6.07) is 0. The molecule has 0 saturated carbocycles. The highest BCUT2D eigenvalue weighted by Gasteiger charge is 2.01. The van der Waals surface area contributed by atoms with Gasteiger partial charge in [-0.2, -0.15) is 0 Å².